The highest BCUT2D eigenvalue weighted by molar-refractivity contribution is 5.77. The molecule has 4 rings (SSSR count). The predicted octanol–water partition coefficient (Wildman–Crippen LogP) is 2.57. The Morgan fingerprint density at radius 2 is 1.85 bits per heavy atom. The summed E-state index contributed by atoms with van der Waals surface area (Å²) in [5.41, 5.74) is 3.73. The molecule has 26 heavy (non-hydrogen) atoms. The number of hydrogen-bond acceptors (Lipinski definition) is 1. The summed E-state index contributed by atoms with van der Waals surface area (Å²) >= 11 is 0. The van der Waals surface area contributed by atoms with Gasteiger partial charge in [-0.15, -0.1) is 0 Å². The summed E-state index contributed by atoms with van der Waals surface area (Å²) in [5.74, 6) is -0.0915. The molecule has 0 aromatic heterocycles. The molecule has 1 saturated carbocycles. The first kappa shape index (κ1) is 17.2. The first-order chi connectivity index (χ1) is 12.7. The van der Waals surface area contributed by atoms with Gasteiger partial charge in [0.05, 0.1) is 12.1 Å². The first-order valence-electron chi connectivity index (χ1n) is 9.65. The van der Waals surface area contributed by atoms with E-state index < -0.39 is 0 Å². The second-order valence-corrected chi connectivity index (χ2v) is 7.62. The Labute approximate surface area is 154 Å². The molecule has 136 valence electrons. The maximum Gasteiger partial charge on any atom is 0.275 e. The van der Waals surface area contributed by atoms with Gasteiger partial charge in [0.25, 0.3) is 5.91 Å². The second-order valence-electron chi connectivity index (χ2n) is 7.62. The topological polar surface area (TPSA) is 33.5 Å². The minimum Gasteiger partial charge on any atom is -0.344 e. The fourth-order valence-corrected chi connectivity index (χ4v) is 4.06. The molecule has 2 aromatic carbocycles. The molecule has 2 N–H and O–H groups in total. The number of nitrogens with one attached hydrogen (secondary N) is 2. The molecule has 1 unspecified atom stereocenters. The number of fused-ring (bicyclic) bond motifs is 1. The lowest BCUT2D eigenvalue weighted by atomic mass is 9.88. The van der Waals surface area contributed by atoms with Gasteiger partial charge in [0, 0.05) is 18.4 Å². The van der Waals surface area contributed by atoms with Crippen molar-refractivity contribution in [2.45, 2.75) is 50.7 Å². The molecule has 0 radical (unpaired) electrons. The third-order valence-electron chi connectivity index (χ3n) is 5.59. The Balaban J connectivity index is 1.39. The zero-order valence-electron chi connectivity index (χ0n) is 15.0. The van der Waals surface area contributed by atoms with Crippen LogP contribution in [0.5, 0.6) is 0 Å². The molecule has 0 bridgehead atoms. The molecule has 2 aliphatic carbocycles. The summed E-state index contributed by atoms with van der Waals surface area (Å²) < 4.78 is 13.1. The quantitative estimate of drug-likeness (QED) is 0.822. The maximum absolute atomic E-state index is 13.1. The minimum atomic E-state index is -0.213. The summed E-state index contributed by atoms with van der Waals surface area (Å²) in [6, 6.07) is 15.8. The molecule has 4 heteroatoms. The number of aryl methyl sites for hydroxylation is 1. The number of amides is 1. The zero-order valence-corrected chi connectivity index (χ0v) is 15.0. The van der Waals surface area contributed by atoms with Gasteiger partial charge in [0.15, 0.2) is 6.54 Å². The van der Waals surface area contributed by atoms with Crippen LogP contribution >= 0.6 is 0 Å². The Hall–Kier alpha value is -2.20. The van der Waals surface area contributed by atoms with E-state index in [2.05, 4.69) is 29.6 Å². The highest BCUT2D eigenvalue weighted by atomic mass is 19.1. The van der Waals surface area contributed by atoms with E-state index >= 15 is 0 Å². The van der Waals surface area contributed by atoms with E-state index in [4.69, 9.17) is 0 Å². The average Bonchev–Trinajstić information content (AvgIpc) is 3.48. The standard InChI is InChI=1S/C22H25FN2O/c23-18-10-8-16(9-11-18)14-25(19-12-13-19)15-22(26)24-21-7-3-5-17-4-1-2-6-20(17)21/h1-2,4,6,8-11,19,21H,3,5,7,12-15H2,(H,24,26)/p+1/t21-/m0/s1. The van der Waals surface area contributed by atoms with Crippen molar-refractivity contribution in [2.75, 3.05) is 6.54 Å². The van der Waals surface area contributed by atoms with E-state index in [-0.39, 0.29) is 17.8 Å². The van der Waals surface area contributed by atoms with Crippen LogP contribution in [0.3, 0.4) is 0 Å². The van der Waals surface area contributed by atoms with Crippen LogP contribution < -0.4 is 10.2 Å². The van der Waals surface area contributed by atoms with Crippen LogP contribution in [0, 0.1) is 5.82 Å². The summed E-state index contributed by atoms with van der Waals surface area (Å²) in [5, 5.41) is 3.26. The smallest absolute Gasteiger partial charge is 0.275 e. The van der Waals surface area contributed by atoms with E-state index in [0.29, 0.717) is 12.6 Å². The van der Waals surface area contributed by atoms with E-state index in [1.165, 1.54) is 41.0 Å². The first-order valence-corrected chi connectivity index (χ1v) is 9.65. The van der Waals surface area contributed by atoms with Crippen LogP contribution in [-0.2, 0) is 17.8 Å². The lowest BCUT2D eigenvalue weighted by molar-refractivity contribution is -0.917. The van der Waals surface area contributed by atoms with Gasteiger partial charge in [-0.3, -0.25) is 4.79 Å². The molecule has 1 fully saturated rings. The molecule has 0 spiro atoms. The predicted molar refractivity (Wildman–Crippen MR) is 99.2 cm³/mol. The summed E-state index contributed by atoms with van der Waals surface area (Å²) in [4.78, 5) is 14.0. The molecule has 2 aromatic rings. The Morgan fingerprint density at radius 1 is 1.08 bits per heavy atom. The number of carbonyl (C=O) groups excluding carboxylic acids is 1. The Kier molecular flexibility index (Phi) is 5.02. The highest BCUT2D eigenvalue weighted by Gasteiger charge is 2.35. The van der Waals surface area contributed by atoms with Gasteiger partial charge in [0.2, 0.25) is 0 Å². The van der Waals surface area contributed by atoms with E-state index in [1.807, 2.05) is 12.1 Å². The van der Waals surface area contributed by atoms with Crippen molar-refractivity contribution in [3.05, 3.63) is 71.0 Å². The second kappa shape index (κ2) is 7.58. The molecule has 2 atom stereocenters. The third kappa shape index (κ3) is 4.13. The molecule has 0 aliphatic heterocycles. The van der Waals surface area contributed by atoms with Gasteiger partial charge < -0.3 is 10.2 Å². The lowest BCUT2D eigenvalue weighted by Crippen LogP contribution is -3.13. The van der Waals surface area contributed by atoms with Gasteiger partial charge in [-0.1, -0.05) is 36.4 Å². The van der Waals surface area contributed by atoms with Crippen LogP contribution in [0.15, 0.2) is 48.5 Å². The van der Waals surface area contributed by atoms with Crippen molar-refractivity contribution in [3.8, 4) is 0 Å². The molecule has 1 amide bonds. The Bertz CT molecular complexity index is 770. The maximum atomic E-state index is 13.1. The summed E-state index contributed by atoms with van der Waals surface area (Å²) in [6.45, 7) is 1.26. The SMILES string of the molecule is O=C(C[NH+](Cc1ccc(F)cc1)C1CC1)N[C@H]1CCCc2ccccc21. The van der Waals surface area contributed by atoms with Gasteiger partial charge in [0.1, 0.15) is 12.4 Å². The van der Waals surface area contributed by atoms with Gasteiger partial charge in [-0.05, 0) is 42.5 Å². The zero-order chi connectivity index (χ0) is 17.9. The number of hydrogen-bond donors (Lipinski definition) is 2. The fourth-order valence-electron chi connectivity index (χ4n) is 4.06. The van der Waals surface area contributed by atoms with Crippen LogP contribution in [0.1, 0.15) is 48.4 Å². The van der Waals surface area contributed by atoms with E-state index in [1.54, 1.807) is 0 Å². The van der Waals surface area contributed by atoms with Crippen molar-refractivity contribution < 1.29 is 14.1 Å². The summed E-state index contributed by atoms with van der Waals surface area (Å²) in [6.07, 6.45) is 5.59. The number of halogens is 1. The van der Waals surface area contributed by atoms with Gasteiger partial charge in [-0.25, -0.2) is 4.39 Å². The summed E-state index contributed by atoms with van der Waals surface area (Å²) in [7, 11) is 0. The largest absolute Gasteiger partial charge is 0.344 e. The number of quaternary nitrogens is 1. The fraction of sp³-hybridized carbons (Fsp3) is 0.409. The van der Waals surface area contributed by atoms with Crippen LogP contribution in [-0.4, -0.2) is 18.5 Å². The van der Waals surface area contributed by atoms with E-state index in [9.17, 15) is 9.18 Å². The van der Waals surface area contributed by atoms with Crippen LogP contribution in [0.25, 0.3) is 0 Å². The number of benzene rings is 2. The molecule has 0 heterocycles. The van der Waals surface area contributed by atoms with Crippen LogP contribution in [0.2, 0.25) is 0 Å². The molecule has 3 nitrogen and oxygen atoms in total. The monoisotopic (exact) mass is 353 g/mol. The molecule has 2 aliphatic rings. The normalized spacial score (nSPS) is 20.3. The molecular weight excluding hydrogens is 327 g/mol. The van der Waals surface area contributed by atoms with Gasteiger partial charge in [-0.2, -0.15) is 0 Å². The van der Waals surface area contributed by atoms with Crippen molar-refractivity contribution >= 4 is 5.91 Å². The highest BCUT2D eigenvalue weighted by Crippen LogP contribution is 2.29. The Morgan fingerprint density at radius 3 is 2.62 bits per heavy atom. The number of carbonyl (C=O) groups is 1. The molecule has 0 saturated heterocycles. The van der Waals surface area contributed by atoms with Crippen molar-refractivity contribution in [1.82, 2.24) is 5.32 Å². The van der Waals surface area contributed by atoms with Gasteiger partial charge >= 0.3 is 0 Å². The van der Waals surface area contributed by atoms with Crippen molar-refractivity contribution in [1.29, 1.82) is 0 Å². The number of rotatable bonds is 6. The average molecular weight is 353 g/mol. The van der Waals surface area contributed by atoms with Crippen LogP contribution in [0.4, 0.5) is 4.39 Å². The van der Waals surface area contributed by atoms with E-state index in [0.717, 1.165) is 31.4 Å². The lowest BCUT2D eigenvalue weighted by Gasteiger charge is -2.27. The van der Waals surface area contributed by atoms with Crippen molar-refractivity contribution in [2.24, 2.45) is 0 Å². The van der Waals surface area contributed by atoms with Crippen molar-refractivity contribution in [3.63, 3.8) is 0 Å². The molecular formula is C22H26FN2O+. The third-order valence-corrected chi connectivity index (χ3v) is 5.59. The minimum absolute atomic E-state index is 0.121.